The van der Waals surface area contributed by atoms with E-state index in [1.807, 2.05) is 54.6 Å². The van der Waals surface area contributed by atoms with Crippen molar-refractivity contribution in [3.63, 3.8) is 0 Å². The Morgan fingerprint density at radius 1 is 0.895 bits per heavy atom. The molecular weight excluding hydrogens is 236 g/mol. The molecule has 0 radical (unpaired) electrons. The molecule has 1 saturated carbocycles. The Morgan fingerprint density at radius 3 is 2.47 bits per heavy atom. The first-order chi connectivity index (χ1) is 9.36. The average Bonchev–Trinajstić information content (AvgIpc) is 2.46. The summed E-state index contributed by atoms with van der Waals surface area (Å²) >= 11 is 0. The summed E-state index contributed by atoms with van der Waals surface area (Å²) in [5, 5.41) is 0. The molecule has 2 nitrogen and oxygen atoms in total. The van der Waals surface area contributed by atoms with Crippen molar-refractivity contribution in [3.8, 4) is 5.75 Å². The van der Waals surface area contributed by atoms with Crippen molar-refractivity contribution in [2.75, 3.05) is 6.61 Å². The zero-order valence-electron chi connectivity index (χ0n) is 10.5. The maximum Gasteiger partial charge on any atom is 0.148 e. The van der Waals surface area contributed by atoms with Crippen LogP contribution in [0.1, 0.15) is 23.0 Å². The molecule has 0 bridgehead atoms. The van der Waals surface area contributed by atoms with Gasteiger partial charge in [-0.3, -0.25) is 4.79 Å². The first-order valence-electron chi connectivity index (χ1n) is 6.66. The summed E-state index contributed by atoms with van der Waals surface area (Å²) < 4.78 is 5.81. The molecule has 1 heterocycles. The minimum atomic E-state index is 0.0135. The van der Waals surface area contributed by atoms with Crippen LogP contribution in [0, 0.1) is 5.92 Å². The van der Waals surface area contributed by atoms with Gasteiger partial charge in [0.15, 0.2) is 0 Å². The fourth-order valence-corrected chi connectivity index (χ4v) is 3.39. The van der Waals surface area contributed by atoms with Gasteiger partial charge in [0.1, 0.15) is 11.5 Å². The van der Waals surface area contributed by atoms with Crippen molar-refractivity contribution in [1.29, 1.82) is 0 Å². The first-order valence-corrected chi connectivity index (χ1v) is 6.66. The van der Waals surface area contributed by atoms with E-state index in [0.717, 1.165) is 16.9 Å². The van der Waals surface area contributed by atoms with Crippen molar-refractivity contribution >= 4 is 5.78 Å². The number of hydrogen-bond donors (Lipinski definition) is 0. The maximum atomic E-state index is 12.5. The van der Waals surface area contributed by atoms with Crippen LogP contribution in [0.4, 0.5) is 0 Å². The zero-order valence-corrected chi connectivity index (χ0v) is 10.5. The normalized spacial score (nSPS) is 27.8. The standard InChI is InChI=1S/C17H14O2/c18-17-15(11-6-2-1-3-7-11)13-10-19-14-9-5-4-8-12(14)16(13)17/h1-9,13,15-16H,10H2/t13-,15?,16?/m0/s1. The molecule has 3 atom stereocenters. The van der Waals surface area contributed by atoms with Crippen LogP contribution in [0.3, 0.4) is 0 Å². The van der Waals surface area contributed by atoms with Crippen LogP contribution in [0.2, 0.25) is 0 Å². The van der Waals surface area contributed by atoms with Gasteiger partial charge in [-0.25, -0.2) is 0 Å². The average molecular weight is 250 g/mol. The lowest BCUT2D eigenvalue weighted by atomic mass is 9.58. The van der Waals surface area contributed by atoms with Crippen molar-refractivity contribution in [2.45, 2.75) is 11.8 Å². The highest BCUT2D eigenvalue weighted by atomic mass is 16.5. The number of fused-ring (bicyclic) bond motifs is 3. The third-order valence-corrected chi connectivity index (χ3v) is 4.31. The number of para-hydroxylation sites is 1. The first kappa shape index (κ1) is 10.8. The molecular formula is C17H14O2. The highest BCUT2D eigenvalue weighted by Gasteiger charge is 2.53. The van der Waals surface area contributed by atoms with Crippen molar-refractivity contribution in [3.05, 3.63) is 65.7 Å². The third-order valence-electron chi connectivity index (χ3n) is 4.31. The number of ether oxygens (including phenoxy) is 1. The topological polar surface area (TPSA) is 26.3 Å². The van der Waals surface area contributed by atoms with E-state index in [0.29, 0.717) is 18.3 Å². The van der Waals surface area contributed by atoms with E-state index >= 15 is 0 Å². The molecule has 0 spiro atoms. The van der Waals surface area contributed by atoms with Crippen LogP contribution in [-0.4, -0.2) is 12.4 Å². The number of rotatable bonds is 1. The Bertz CT molecular complexity index is 633. The summed E-state index contributed by atoms with van der Waals surface area (Å²) in [4.78, 5) is 12.5. The number of hydrogen-bond acceptors (Lipinski definition) is 2. The van der Waals surface area contributed by atoms with Gasteiger partial charge in [-0.1, -0.05) is 48.5 Å². The van der Waals surface area contributed by atoms with Gasteiger partial charge in [-0.05, 0) is 11.6 Å². The Hall–Kier alpha value is -2.09. The lowest BCUT2D eigenvalue weighted by Crippen LogP contribution is -2.49. The molecule has 1 fully saturated rings. The molecule has 2 aromatic rings. The van der Waals surface area contributed by atoms with E-state index in [4.69, 9.17) is 4.74 Å². The van der Waals surface area contributed by atoms with Crippen LogP contribution in [0.15, 0.2) is 54.6 Å². The van der Waals surface area contributed by atoms with Crippen molar-refractivity contribution in [2.24, 2.45) is 5.92 Å². The van der Waals surface area contributed by atoms with Gasteiger partial charge < -0.3 is 4.74 Å². The molecule has 1 aliphatic heterocycles. The maximum absolute atomic E-state index is 12.5. The molecule has 0 amide bonds. The quantitative estimate of drug-likeness (QED) is 0.777. The molecule has 2 unspecified atom stereocenters. The Labute approximate surface area is 112 Å². The number of Topliss-reactive ketones (excluding diaryl/α,β-unsaturated/α-hetero) is 1. The van der Waals surface area contributed by atoms with E-state index in [1.54, 1.807) is 0 Å². The van der Waals surface area contributed by atoms with Crippen LogP contribution in [-0.2, 0) is 4.79 Å². The summed E-state index contributed by atoms with van der Waals surface area (Å²) in [6.45, 7) is 0.646. The summed E-state index contributed by atoms with van der Waals surface area (Å²) in [6.07, 6.45) is 0. The number of ketones is 1. The van der Waals surface area contributed by atoms with E-state index in [1.165, 1.54) is 0 Å². The Kier molecular flexibility index (Phi) is 2.25. The molecule has 2 heteroatoms. The van der Waals surface area contributed by atoms with Gasteiger partial charge in [-0.15, -0.1) is 0 Å². The predicted molar refractivity (Wildman–Crippen MR) is 72.4 cm³/mol. The van der Waals surface area contributed by atoms with Gasteiger partial charge in [0.25, 0.3) is 0 Å². The van der Waals surface area contributed by atoms with Crippen molar-refractivity contribution in [1.82, 2.24) is 0 Å². The molecule has 2 aliphatic rings. The third kappa shape index (κ3) is 1.46. The van der Waals surface area contributed by atoms with E-state index in [-0.39, 0.29) is 11.8 Å². The molecule has 94 valence electrons. The minimum absolute atomic E-state index is 0.0135. The van der Waals surface area contributed by atoms with Gasteiger partial charge in [0.05, 0.1) is 18.4 Å². The molecule has 1 aliphatic carbocycles. The highest BCUT2D eigenvalue weighted by Crippen LogP contribution is 2.53. The molecule has 19 heavy (non-hydrogen) atoms. The fraction of sp³-hybridized carbons (Fsp3) is 0.235. The highest BCUT2D eigenvalue weighted by molar-refractivity contribution is 5.99. The number of carbonyl (C=O) groups is 1. The summed E-state index contributed by atoms with van der Waals surface area (Å²) in [7, 11) is 0. The molecule has 4 rings (SSSR count). The SMILES string of the molecule is O=C1C(c2ccccc2)[C@@H]2COc3ccccc3C12. The summed E-state index contributed by atoms with van der Waals surface area (Å²) in [5.74, 6) is 1.56. The number of benzene rings is 2. The predicted octanol–water partition coefficient (Wildman–Crippen LogP) is 3.15. The van der Waals surface area contributed by atoms with E-state index in [9.17, 15) is 4.79 Å². The second kappa shape index (κ2) is 3.95. The van der Waals surface area contributed by atoms with E-state index in [2.05, 4.69) is 0 Å². The second-order valence-corrected chi connectivity index (χ2v) is 5.28. The van der Waals surface area contributed by atoms with Gasteiger partial charge in [0.2, 0.25) is 0 Å². The Morgan fingerprint density at radius 2 is 1.63 bits per heavy atom. The van der Waals surface area contributed by atoms with Crippen LogP contribution in [0.5, 0.6) is 5.75 Å². The molecule has 0 aromatic heterocycles. The molecule has 0 N–H and O–H groups in total. The molecule has 0 saturated heterocycles. The lowest BCUT2D eigenvalue weighted by Gasteiger charge is -2.46. The van der Waals surface area contributed by atoms with Crippen LogP contribution < -0.4 is 4.74 Å². The molecule has 2 aromatic carbocycles. The van der Waals surface area contributed by atoms with Gasteiger partial charge >= 0.3 is 0 Å². The van der Waals surface area contributed by atoms with Crippen molar-refractivity contribution < 1.29 is 9.53 Å². The van der Waals surface area contributed by atoms with Gasteiger partial charge in [0, 0.05) is 11.5 Å². The zero-order chi connectivity index (χ0) is 12.8. The summed E-state index contributed by atoms with van der Waals surface area (Å²) in [6, 6.07) is 18.0. The number of carbonyl (C=O) groups excluding carboxylic acids is 1. The Balaban J connectivity index is 1.72. The van der Waals surface area contributed by atoms with Gasteiger partial charge in [-0.2, -0.15) is 0 Å². The smallest absolute Gasteiger partial charge is 0.148 e. The largest absolute Gasteiger partial charge is 0.493 e. The second-order valence-electron chi connectivity index (χ2n) is 5.28. The van der Waals surface area contributed by atoms with Crippen LogP contribution >= 0.6 is 0 Å². The van der Waals surface area contributed by atoms with Crippen LogP contribution in [0.25, 0.3) is 0 Å². The lowest BCUT2D eigenvalue weighted by molar-refractivity contribution is -0.134. The summed E-state index contributed by atoms with van der Waals surface area (Å²) in [5.41, 5.74) is 2.19. The fourth-order valence-electron chi connectivity index (χ4n) is 3.39. The van der Waals surface area contributed by atoms with E-state index < -0.39 is 0 Å². The monoisotopic (exact) mass is 250 g/mol. The minimum Gasteiger partial charge on any atom is -0.493 e.